The van der Waals surface area contributed by atoms with Crippen LogP contribution in [-0.4, -0.2) is 9.13 Å². The lowest BCUT2D eigenvalue weighted by Crippen LogP contribution is -1.97. The first-order chi connectivity index (χ1) is 20.3. The van der Waals surface area contributed by atoms with Gasteiger partial charge >= 0.3 is 0 Å². The van der Waals surface area contributed by atoms with E-state index in [1.54, 1.807) is 0 Å². The quantitative estimate of drug-likeness (QED) is 0.160. The number of para-hydroxylation sites is 2. The standard InChI is InChI=1S/C39H28N2/c1-3-4-23-33-26(2)36-34(40(33)27-15-7-5-8-16-27)24-25-35-38(36)37-31-21-13-11-19-29(31)30-20-12-14-22-32(30)39(37)41(35)28-17-9-6-10-18-28/h3-25H,1H2,2H3/b23-4-. The van der Waals surface area contributed by atoms with Crippen molar-refractivity contribution in [3.63, 3.8) is 0 Å². The van der Waals surface area contributed by atoms with E-state index in [0.29, 0.717) is 0 Å². The van der Waals surface area contributed by atoms with E-state index in [4.69, 9.17) is 0 Å². The fraction of sp³-hybridized carbons (Fsp3) is 0.0256. The second-order valence-corrected chi connectivity index (χ2v) is 10.6. The molecular formula is C39H28N2. The largest absolute Gasteiger partial charge is 0.310 e. The van der Waals surface area contributed by atoms with Crippen molar-refractivity contribution >= 4 is 60.3 Å². The third kappa shape index (κ3) is 3.31. The van der Waals surface area contributed by atoms with Crippen LogP contribution in [0.5, 0.6) is 0 Å². The molecule has 2 heterocycles. The van der Waals surface area contributed by atoms with E-state index < -0.39 is 0 Å². The molecule has 2 nitrogen and oxygen atoms in total. The van der Waals surface area contributed by atoms with Gasteiger partial charge in [-0.3, -0.25) is 0 Å². The molecule has 41 heavy (non-hydrogen) atoms. The van der Waals surface area contributed by atoms with Gasteiger partial charge < -0.3 is 9.13 Å². The van der Waals surface area contributed by atoms with E-state index in [2.05, 4.69) is 150 Å². The van der Waals surface area contributed by atoms with Gasteiger partial charge in [0.2, 0.25) is 0 Å². The molecule has 0 saturated heterocycles. The Bertz CT molecular complexity index is 2310. The van der Waals surface area contributed by atoms with Crippen molar-refractivity contribution in [2.45, 2.75) is 6.92 Å². The molecule has 0 spiro atoms. The van der Waals surface area contributed by atoms with Gasteiger partial charge in [0.15, 0.2) is 0 Å². The Hall–Kier alpha value is -5.34. The first kappa shape index (κ1) is 23.5. The molecule has 0 unspecified atom stereocenters. The van der Waals surface area contributed by atoms with E-state index >= 15 is 0 Å². The van der Waals surface area contributed by atoms with Crippen LogP contribution in [0.2, 0.25) is 0 Å². The first-order valence-electron chi connectivity index (χ1n) is 14.1. The molecule has 0 saturated carbocycles. The predicted octanol–water partition coefficient (Wildman–Crippen LogP) is 10.5. The lowest BCUT2D eigenvalue weighted by atomic mass is 9.95. The zero-order chi connectivity index (χ0) is 27.5. The molecule has 194 valence electrons. The van der Waals surface area contributed by atoms with Gasteiger partial charge in [-0.05, 0) is 71.1 Å². The Morgan fingerprint density at radius 1 is 0.512 bits per heavy atom. The van der Waals surface area contributed by atoms with Crippen LogP contribution in [0.4, 0.5) is 0 Å². The van der Waals surface area contributed by atoms with E-state index in [-0.39, 0.29) is 0 Å². The maximum Gasteiger partial charge on any atom is 0.0626 e. The molecule has 8 aromatic rings. The zero-order valence-electron chi connectivity index (χ0n) is 22.9. The van der Waals surface area contributed by atoms with Gasteiger partial charge in [-0.1, -0.05) is 104 Å². The fourth-order valence-corrected chi connectivity index (χ4v) is 6.80. The Labute approximate surface area is 238 Å². The van der Waals surface area contributed by atoms with Crippen molar-refractivity contribution in [1.82, 2.24) is 9.13 Å². The number of fused-ring (bicyclic) bond motifs is 10. The summed E-state index contributed by atoms with van der Waals surface area (Å²) in [6.45, 7) is 6.22. The maximum atomic E-state index is 3.95. The van der Waals surface area contributed by atoms with E-state index in [0.717, 1.165) is 5.69 Å². The lowest BCUT2D eigenvalue weighted by Gasteiger charge is -2.12. The second-order valence-electron chi connectivity index (χ2n) is 10.6. The maximum absolute atomic E-state index is 3.95. The summed E-state index contributed by atoms with van der Waals surface area (Å²) in [6.07, 6.45) is 6.07. The highest BCUT2D eigenvalue weighted by Crippen LogP contribution is 2.46. The second kappa shape index (κ2) is 9.11. The van der Waals surface area contributed by atoms with Gasteiger partial charge in [0.25, 0.3) is 0 Å². The number of hydrogen-bond donors (Lipinski definition) is 0. The van der Waals surface area contributed by atoms with Crippen LogP contribution in [0.1, 0.15) is 11.3 Å². The first-order valence-corrected chi connectivity index (χ1v) is 14.1. The minimum absolute atomic E-state index is 1.15. The molecule has 0 radical (unpaired) electrons. The number of aromatic nitrogens is 2. The summed E-state index contributed by atoms with van der Waals surface area (Å²) < 4.78 is 4.86. The van der Waals surface area contributed by atoms with E-state index in [1.807, 2.05) is 12.2 Å². The summed E-state index contributed by atoms with van der Waals surface area (Å²) in [7, 11) is 0. The van der Waals surface area contributed by atoms with Crippen molar-refractivity contribution in [2.75, 3.05) is 0 Å². The van der Waals surface area contributed by atoms with Gasteiger partial charge in [-0.15, -0.1) is 0 Å². The third-order valence-corrected chi connectivity index (χ3v) is 8.44. The van der Waals surface area contributed by atoms with Gasteiger partial charge in [-0.2, -0.15) is 0 Å². The summed E-state index contributed by atoms with van der Waals surface area (Å²) in [6, 6.07) is 43.8. The van der Waals surface area contributed by atoms with Crippen LogP contribution in [0.3, 0.4) is 0 Å². The fourth-order valence-electron chi connectivity index (χ4n) is 6.80. The summed E-state index contributed by atoms with van der Waals surface area (Å²) in [4.78, 5) is 0. The predicted molar refractivity (Wildman–Crippen MR) is 177 cm³/mol. The highest BCUT2D eigenvalue weighted by atomic mass is 15.0. The summed E-state index contributed by atoms with van der Waals surface area (Å²) >= 11 is 0. The number of rotatable bonds is 4. The number of allylic oxidation sites excluding steroid dienone is 2. The smallest absolute Gasteiger partial charge is 0.0626 e. The normalized spacial score (nSPS) is 12.0. The van der Waals surface area contributed by atoms with E-state index in [9.17, 15) is 0 Å². The molecule has 0 N–H and O–H groups in total. The molecule has 2 aromatic heterocycles. The molecule has 6 aromatic carbocycles. The molecule has 0 aliphatic carbocycles. The van der Waals surface area contributed by atoms with Gasteiger partial charge in [0.1, 0.15) is 0 Å². The number of hydrogen-bond acceptors (Lipinski definition) is 0. The number of benzene rings is 6. The van der Waals surface area contributed by atoms with Crippen LogP contribution in [0.15, 0.2) is 140 Å². The van der Waals surface area contributed by atoms with Crippen molar-refractivity contribution in [2.24, 2.45) is 0 Å². The molecule has 2 heteroatoms. The Morgan fingerprint density at radius 3 is 1.66 bits per heavy atom. The highest BCUT2D eigenvalue weighted by Gasteiger charge is 2.24. The summed E-state index contributed by atoms with van der Waals surface area (Å²) in [5, 5.41) is 8.99. The van der Waals surface area contributed by atoms with Gasteiger partial charge in [0.05, 0.1) is 16.6 Å². The molecule has 0 fully saturated rings. The third-order valence-electron chi connectivity index (χ3n) is 8.44. The van der Waals surface area contributed by atoms with Crippen molar-refractivity contribution in [1.29, 1.82) is 0 Å². The average Bonchev–Trinajstić information content (AvgIpc) is 3.53. The van der Waals surface area contributed by atoms with Gasteiger partial charge in [0, 0.05) is 38.6 Å². The zero-order valence-corrected chi connectivity index (χ0v) is 22.9. The van der Waals surface area contributed by atoms with Crippen molar-refractivity contribution in [3.05, 3.63) is 151 Å². The summed E-state index contributed by atoms with van der Waals surface area (Å²) in [5.41, 5.74) is 8.42. The van der Waals surface area contributed by atoms with Crippen molar-refractivity contribution < 1.29 is 0 Å². The molecule has 0 atom stereocenters. The topological polar surface area (TPSA) is 9.86 Å². The summed E-state index contributed by atoms with van der Waals surface area (Å²) in [5.74, 6) is 0. The Balaban J connectivity index is 1.70. The van der Waals surface area contributed by atoms with Crippen molar-refractivity contribution in [3.8, 4) is 11.4 Å². The van der Waals surface area contributed by atoms with Crippen LogP contribution in [0, 0.1) is 6.92 Å². The molecular weight excluding hydrogens is 496 g/mol. The number of nitrogens with zero attached hydrogens (tertiary/aromatic N) is 2. The van der Waals surface area contributed by atoms with Crippen LogP contribution in [-0.2, 0) is 0 Å². The molecule has 0 aliphatic heterocycles. The minimum Gasteiger partial charge on any atom is -0.310 e. The van der Waals surface area contributed by atoms with Crippen LogP contribution in [0.25, 0.3) is 71.7 Å². The van der Waals surface area contributed by atoms with Gasteiger partial charge in [-0.25, -0.2) is 0 Å². The average molecular weight is 525 g/mol. The number of aryl methyl sites for hydroxylation is 1. The molecule has 0 amide bonds. The van der Waals surface area contributed by atoms with Crippen LogP contribution >= 0.6 is 0 Å². The Kier molecular flexibility index (Phi) is 5.23. The minimum atomic E-state index is 1.15. The van der Waals surface area contributed by atoms with Crippen LogP contribution < -0.4 is 0 Å². The monoisotopic (exact) mass is 524 g/mol. The molecule has 0 aliphatic rings. The van der Waals surface area contributed by atoms with E-state index in [1.165, 1.54) is 71.2 Å². The molecule has 0 bridgehead atoms. The molecule has 8 rings (SSSR count). The highest BCUT2D eigenvalue weighted by molar-refractivity contribution is 6.36. The lowest BCUT2D eigenvalue weighted by molar-refractivity contribution is 1.10. The Morgan fingerprint density at radius 2 is 1.02 bits per heavy atom. The SMILES string of the molecule is C=C/C=C\c1c(C)c2c3c4c5ccccc5c5ccccc5c4n(-c4ccccc4)c3ccc2n1-c1ccccc1.